The van der Waals surface area contributed by atoms with E-state index in [-0.39, 0.29) is 5.75 Å². The highest BCUT2D eigenvalue weighted by molar-refractivity contribution is 7.85. The molecular weight excluding hydrogens is 312 g/mol. The number of alkyl carbamates (subject to hydrolysis) is 1. The van der Waals surface area contributed by atoms with Crippen LogP contribution in [0.25, 0.3) is 0 Å². The predicted octanol–water partition coefficient (Wildman–Crippen LogP) is 3.16. The van der Waals surface area contributed by atoms with Gasteiger partial charge < -0.3 is 10.1 Å². The topological polar surface area (TPSA) is 79.2 Å². The Kier molecular flexibility index (Phi) is 6.77. The van der Waals surface area contributed by atoms with E-state index in [9.17, 15) is 14.3 Å². The quantitative estimate of drug-likeness (QED) is 0.896. The van der Waals surface area contributed by atoms with Gasteiger partial charge in [0.1, 0.15) is 5.60 Å². The molecule has 0 heterocycles. The molecule has 0 aliphatic heterocycles. The third-order valence-corrected chi connectivity index (χ3v) is 4.59. The SMILES string of the molecule is Cc1ccc(S(=O)C[C@@H](C#N)[C@H](C)NC(=O)OC(C)(C)C)cc1. The zero-order valence-corrected chi connectivity index (χ0v) is 15.1. The maximum absolute atomic E-state index is 12.4. The van der Waals surface area contributed by atoms with Crippen molar-refractivity contribution in [3.63, 3.8) is 0 Å². The van der Waals surface area contributed by atoms with E-state index in [1.807, 2.05) is 19.1 Å². The maximum atomic E-state index is 12.4. The molecule has 126 valence electrons. The monoisotopic (exact) mass is 336 g/mol. The number of nitrogens with one attached hydrogen (secondary N) is 1. The molecule has 5 nitrogen and oxygen atoms in total. The summed E-state index contributed by atoms with van der Waals surface area (Å²) in [5.41, 5.74) is 0.485. The lowest BCUT2D eigenvalue weighted by molar-refractivity contribution is 0.0501. The second kappa shape index (κ2) is 8.11. The first-order valence-electron chi connectivity index (χ1n) is 7.46. The Morgan fingerprint density at radius 3 is 2.39 bits per heavy atom. The Morgan fingerprint density at radius 2 is 1.91 bits per heavy atom. The minimum atomic E-state index is -1.29. The summed E-state index contributed by atoms with van der Waals surface area (Å²) in [4.78, 5) is 12.4. The molecule has 0 aromatic heterocycles. The summed E-state index contributed by atoms with van der Waals surface area (Å²) in [6.45, 7) is 8.98. The van der Waals surface area contributed by atoms with Gasteiger partial charge in [-0.3, -0.25) is 4.21 Å². The van der Waals surface area contributed by atoms with E-state index in [1.54, 1.807) is 39.8 Å². The van der Waals surface area contributed by atoms with Gasteiger partial charge in [0.15, 0.2) is 0 Å². The molecule has 0 fully saturated rings. The summed E-state index contributed by atoms with van der Waals surface area (Å²) in [7, 11) is -1.29. The normalized spacial score (nSPS) is 15.1. The van der Waals surface area contributed by atoms with Crippen molar-refractivity contribution < 1.29 is 13.7 Å². The molecule has 23 heavy (non-hydrogen) atoms. The van der Waals surface area contributed by atoms with E-state index < -0.39 is 34.5 Å². The molecule has 1 aromatic carbocycles. The Balaban J connectivity index is 2.65. The number of carbonyl (C=O) groups excluding carboxylic acids is 1. The van der Waals surface area contributed by atoms with Gasteiger partial charge in [-0.15, -0.1) is 0 Å². The minimum Gasteiger partial charge on any atom is -0.444 e. The van der Waals surface area contributed by atoms with Crippen LogP contribution >= 0.6 is 0 Å². The van der Waals surface area contributed by atoms with Crippen LogP contribution in [0, 0.1) is 24.2 Å². The van der Waals surface area contributed by atoms with Crippen LogP contribution in [-0.4, -0.2) is 27.7 Å². The Bertz CT molecular complexity index is 600. The summed E-state index contributed by atoms with van der Waals surface area (Å²) in [5, 5.41) is 11.9. The van der Waals surface area contributed by atoms with Gasteiger partial charge in [-0.05, 0) is 46.8 Å². The number of aryl methyl sites for hydroxylation is 1. The van der Waals surface area contributed by atoms with Gasteiger partial charge in [-0.1, -0.05) is 17.7 Å². The highest BCUT2D eigenvalue weighted by atomic mass is 32.2. The molecule has 0 bridgehead atoms. The second-order valence-corrected chi connectivity index (χ2v) is 7.99. The number of carbonyl (C=O) groups is 1. The molecule has 0 aliphatic rings. The van der Waals surface area contributed by atoms with Crippen molar-refractivity contribution in [2.45, 2.75) is 51.2 Å². The molecule has 1 amide bonds. The van der Waals surface area contributed by atoms with Crippen molar-refractivity contribution in [2.75, 3.05) is 5.75 Å². The van der Waals surface area contributed by atoms with E-state index in [1.165, 1.54) is 0 Å². The third-order valence-electron chi connectivity index (χ3n) is 3.13. The van der Waals surface area contributed by atoms with Gasteiger partial charge in [-0.25, -0.2) is 4.79 Å². The van der Waals surface area contributed by atoms with E-state index in [2.05, 4.69) is 11.4 Å². The van der Waals surface area contributed by atoms with Gasteiger partial charge in [0, 0.05) is 16.7 Å². The number of nitrogens with zero attached hydrogens (tertiary/aromatic N) is 1. The number of ether oxygens (including phenoxy) is 1. The van der Waals surface area contributed by atoms with Crippen molar-refractivity contribution in [2.24, 2.45) is 5.92 Å². The number of rotatable bonds is 5. The first-order valence-corrected chi connectivity index (χ1v) is 8.78. The lowest BCUT2D eigenvalue weighted by atomic mass is 10.1. The smallest absolute Gasteiger partial charge is 0.407 e. The van der Waals surface area contributed by atoms with Crippen LogP contribution in [0.2, 0.25) is 0 Å². The molecule has 0 radical (unpaired) electrons. The second-order valence-electron chi connectivity index (χ2n) is 6.50. The molecule has 0 aliphatic carbocycles. The number of hydrogen-bond acceptors (Lipinski definition) is 4. The lowest BCUT2D eigenvalue weighted by Crippen LogP contribution is -2.42. The van der Waals surface area contributed by atoms with Crippen LogP contribution < -0.4 is 5.32 Å². The van der Waals surface area contributed by atoms with E-state index >= 15 is 0 Å². The van der Waals surface area contributed by atoms with Crippen molar-refractivity contribution in [1.29, 1.82) is 5.26 Å². The molecular formula is C17H24N2O3S. The Morgan fingerprint density at radius 1 is 1.35 bits per heavy atom. The lowest BCUT2D eigenvalue weighted by Gasteiger charge is -2.23. The standard InChI is InChI=1S/C17H24N2O3S/c1-12-6-8-15(9-7-12)23(21)11-14(10-18)13(2)19-16(20)22-17(3,4)5/h6-9,13-14H,11H2,1-5H3,(H,19,20)/t13-,14+,23?/m0/s1. The van der Waals surface area contributed by atoms with Crippen LogP contribution in [0.3, 0.4) is 0 Å². The zero-order valence-electron chi connectivity index (χ0n) is 14.3. The largest absolute Gasteiger partial charge is 0.444 e. The van der Waals surface area contributed by atoms with Crippen molar-refractivity contribution >= 4 is 16.9 Å². The fraction of sp³-hybridized carbons (Fsp3) is 0.529. The summed E-state index contributed by atoms with van der Waals surface area (Å²) in [6.07, 6.45) is -0.577. The predicted molar refractivity (Wildman–Crippen MR) is 90.4 cm³/mol. The molecule has 0 spiro atoms. The zero-order chi connectivity index (χ0) is 17.6. The molecule has 6 heteroatoms. The van der Waals surface area contributed by atoms with Crippen LogP contribution in [0.1, 0.15) is 33.3 Å². The Labute approximate surface area is 140 Å². The average molecular weight is 336 g/mol. The van der Waals surface area contributed by atoms with Crippen molar-refractivity contribution in [3.8, 4) is 6.07 Å². The minimum absolute atomic E-state index is 0.163. The van der Waals surface area contributed by atoms with Crippen LogP contribution in [0.5, 0.6) is 0 Å². The number of nitriles is 1. The number of benzene rings is 1. The fourth-order valence-electron chi connectivity index (χ4n) is 1.84. The molecule has 1 aromatic rings. The van der Waals surface area contributed by atoms with Gasteiger partial charge in [0.2, 0.25) is 0 Å². The summed E-state index contributed by atoms with van der Waals surface area (Å²) >= 11 is 0. The molecule has 1 rings (SSSR count). The first-order chi connectivity index (χ1) is 10.6. The Hall–Kier alpha value is -1.87. The van der Waals surface area contributed by atoms with Gasteiger partial charge in [-0.2, -0.15) is 5.26 Å². The fourth-order valence-corrected chi connectivity index (χ4v) is 3.16. The highest BCUT2D eigenvalue weighted by Gasteiger charge is 2.24. The van der Waals surface area contributed by atoms with Crippen molar-refractivity contribution in [3.05, 3.63) is 29.8 Å². The van der Waals surface area contributed by atoms with Crippen LogP contribution in [0.15, 0.2) is 29.2 Å². The molecule has 1 N–H and O–H groups in total. The van der Waals surface area contributed by atoms with E-state index in [0.29, 0.717) is 4.90 Å². The first kappa shape index (κ1) is 19.2. The number of amides is 1. The third kappa shape index (κ3) is 6.83. The molecule has 3 atom stereocenters. The van der Waals surface area contributed by atoms with Gasteiger partial charge >= 0.3 is 6.09 Å². The van der Waals surface area contributed by atoms with Gasteiger partial charge in [0.25, 0.3) is 0 Å². The van der Waals surface area contributed by atoms with Crippen LogP contribution in [-0.2, 0) is 15.5 Å². The van der Waals surface area contributed by atoms with E-state index in [0.717, 1.165) is 5.56 Å². The maximum Gasteiger partial charge on any atom is 0.407 e. The average Bonchev–Trinajstić information content (AvgIpc) is 2.42. The molecule has 1 unspecified atom stereocenters. The summed E-state index contributed by atoms with van der Waals surface area (Å²) in [6, 6.07) is 9.03. The molecule has 0 saturated carbocycles. The summed E-state index contributed by atoms with van der Waals surface area (Å²) in [5.74, 6) is -0.402. The highest BCUT2D eigenvalue weighted by Crippen LogP contribution is 2.14. The summed E-state index contributed by atoms with van der Waals surface area (Å²) < 4.78 is 17.5. The van der Waals surface area contributed by atoms with Crippen molar-refractivity contribution in [1.82, 2.24) is 5.32 Å². The van der Waals surface area contributed by atoms with E-state index in [4.69, 9.17) is 4.74 Å². The van der Waals surface area contributed by atoms with Gasteiger partial charge in [0.05, 0.1) is 22.8 Å². The van der Waals surface area contributed by atoms with Crippen LogP contribution in [0.4, 0.5) is 4.79 Å². The molecule has 0 saturated heterocycles. The number of hydrogen-bond donors (Lipinski definition) is 1.